The number of rotatable bonds is 6. The molecule has 1 heterocycles. The molecule has 0 saturated heterocycles. The van der Waals surface area contributed by atoms with Gasteiger partial charge in [-0.25, -0.2) is 0 Å². The summed E-state index contributed by atoms with van der Waals surface area (Å²) in [7, 11) is 6.28. The molecule has 0 radical (unpaired) electrons. The number of carbonyl (C=O) groups is 1. The Hall–Kier alpha value is -2.76. The largest absolute Gasteiger partial charge is 0.493 e. The Morgan fingerprint density at radius 1 is 1.00 bits per heavy atom. The van der Waals surface area contributed by atoms with Crippen LogP contribution in [0.1, 0.15) is 15.9 Å². The molecule has 0 saturated carbocycles. The molecule has 0 aliphatic rings. The minimum absolute atomic E-state index is 0.167. The molecule has 1 amide bonds. The van der Waals surface area contributed by atoms with E-state index in [1.165, 1.54) is 21.3 Å². The Morgan fingerprint density at radius 3 is 2.22 bits per heavy atom. The molecule has 0 fully saturated rings. The number of carbonyl (C=O) groups excluding carboxylic acids is 1. The summed E-state index contributed by atoms with van der Waals surface area (Å²) in [4.78, 5) is 18.3. The van der Waals surface area contributed by atoms with Crippen molar-refractivity contribution in [1.29, 1.82) is 0 Å². The van der Waals surface area contributed by atoms with Crippen molar-refractivity contribution in [1.82, 2.24) is 9.88 Å². The molecule has 23 heavy (non-hydrogen) atoms. The van der Waals surface area contributed by atoms with Crippen molar-refractivity contribution in [2.24, 2.45) is 0 Å². The number of methoxy groups -OCH3 is 3. The van der Waals surface area contributed by atoms with Gasteiger partial charge in [-0.3, -0.25) is 9.78 Å². The van der Waals surface area contributed by atoms with Gasteiger partial charge < -0.3 is 19.1 Å². The van der Waals surface area contributed by atoms with Gasteiger partial charge in [0, 0.05) is 26.0 Å². The summed E-state index contributed by atoms with van der Waals surface area (Å²) in [5.74, 6) is 1.11. The average molecular weight is 316 g/mol. The Kier molecular flexibility index (Phi) is 5.41. The maximum Gasteiger partial charge on any atom is 0.257 e. The van der Waals surface area contributed by atoms with Gasteiger partial charge in [0.25, 0.3) is 5.91 Å². The first kappa shape index (κ1) is 16.6. The molecule has 6 heteroatoms. The van der Waals surface area contributed by atoms with E-state index < -0.39 is 0 Å². The zero-order valence-electron chi connectivity index (χ0n) is 13.7. The first-order chi connectivity index (χ1) is 11.1. The summed E-state index contributed by atoms with van der Waals surface area (Å²) in [5, 5.41) is 0. The maximum absolute atomic E-state index is 12.7. The SMILES string of the molecule is COc1ccc(C(=O)N(C)Cc2ccncc2)c(OC)c1OC. The Labute approximate surface area is 135 Å². The van der Waals surface area contributed by atoms with E-state index in [9.17, 15) is 4.79 Å². The number of pyridine rings is 1. The van der Waals surface area contributed by atoms with Crippen molar-refractivity contribution in [3.8, 4) is 17.2 Å². The van der Waals surface area contributed by atoms with Crippen LogP contribution in [0, 0.1) is 0 Å². The molecule has 0 atom stereocenters. The molecule has 0 aliphatic heterocycles. The normalized spacial score (nSPS) is 10.1. The van der Waals surface area contributed by atoms with Crippen molar-refractivity contribution >= 4 is 5.91 Å². The molecular formula is C17H20N2O4. The second kappa shape index (κ2) is 7.49. The topological polar surface area (TPSA) is 60.9 Å². The number of amides is 1. The zero-order valence-corrected chi connectivity index (χ0v) is 13.7. The molecule has 0 aliphatic carbocycles. The summed E-state index contributed by atoms with van der Waals surface area (Å²) in [6.07, 6.45) is 3.40. The Bertz CT molecular complexity index is 674. The molecule has 0 unspecified atom stereocenters. The van der Waals surface area contributed by atoms with Crippen LogP contribution in [0.15, 0.2) is 36.7 Å². The second-order valence-electron chi connectivity index (χ2n) is 4.90. The van der Waals surface area contributed by atoms with Crippen LogP contribution in [-0.2, 0) is 6.54 Å². The molecule has 2 rings (SSSR count). The lowest BCUT2D eigenvalue weighted by atomic mass is 10.1. The fourth-order valence-corrected chi connectivity index (χ4v) is 2.31. The monoisotopic (exact) mass is 316 g/mol. The van der Waals surface area contributed by atoms with Gasteiger partial charge in [0.15, 0.2) is 11.5 Å². The summed E-state index contributed by atoms with van der Waals surface area (Å²) in [5.41, 5.74) is 1.41. The van der Waals surface area contributed by atoms with Gasteiger partial charge in [-0.1, -0.05) is 0 Å². The number of ether oxygens (including phenoxy) is 3. The fourth-order valence-electron chi connectivity index (χ4n) is 2.31. The zero-order chi connectivity index (χ0) is 16.8. The van der Waals surface area contributed by atoms with Crippen molar-refractivity contribution < 1.29 is 19.0 Å². The third-order valence-electron chi connectivity index (χ3n) is 3.45. The minimum atomic E-state index is -0.167. The highest BCUT2D eigenvalue weighted by Crippen LogP contribution is 2.40. The van der Waals surface area contributed by atoms with Crippen LogP contribution in [0.4, 0.5) is 0 Å². The van der Waals surface area contributed by atoms with Crippen LogP contribution >= 0.6 is 0 Å². The third-order valence-corrected chi connectivity index (χ3v) is 3.45. The Morgan fingerprint density at radius 2 is 1.65 bits per heavy atom. The molecule has 6 nitrogen and oxygen atoms in total. The van der Waals surface area contributed by atoms with Crippen LogP contribution in [-0.4, -0.2) is 44.2 Å². The van der Waals surface area contributed by atoms with Crippen LogP contribution in [0.2, 0.25) is 0 Å². The number of hydrogen-bond donors (Lipinski definition) is 0. The molecule has 1 aromatic carbocycles. The average Bonchev–Trinajstić information content (AvgIpc) is 2.60. The molecule has 0 spiro atoms. The van der Waals surface area contributed by atoms with E-state index in [2.05, 4.69) is 4.98 Å². The highest BCUT2D eigenvalue weighted by molar-refractivity contribution is 5.98. The van der Waals surface area contributed by atoms with Crippen molar-refractivity contribution in [2.45, 2.75) is 6.54 Å². The molecule has 0 bridgehead atoms. The van der Waals surface area contributed by atoms with Crippen molar-refractivity contribution in [2.75, 3.05) is 28.4 Å². The highest BCUT2D eigenvalue weighted by atomic mass is 16.5. The maximum atomic E-state index is 12.7. The van der Waals surface area contributed by atoms with Crippen molar-refractivity contribution in [3.05, 3.63) is 47.8 Å². The first-order valence-corrected chi connectivity index (χ1v) is 7.05. The lowest BCUT2D eigenvalue weighted by molar-refractivity contribution is 0.0781. The predicted octanol–water partition coefficient (Wildman–Crippen LogP) is 2.38. The van der Waals surface area contributed by atoms with E-state index in [4.69, 9.17) is 14.2 Å². The van der Waals surface area contributed by atoms with Gasteiger partial charge >= 0.3 is 0 Å². The summed E-state index contributed by atoms with van der Waals surface area (Å²) in [6.45, 7) is 0.471. The number of nitrogens with zero attached hydrogens (tertiary/aromatic N) is 2. The van der Waals surface area contributed by atoms with E-state index in [1.54, 1.807) is 36.5 Å². The van der Waals surface area contributed by atoms with Crippen LogP contribution in [0.3, 0.4) is 0 Å². The van der Waals surface area contributed by atoms with E-state index >= 15 is 0 Å². The standard InChI is InChI=1S/C17H20N2O4/c1-19(11-12-7-9-18-10-8-12)17(20)13-5-6-14(21-2)16(23-4)15(13)22-3/h5-10H,11H2,1-4H3. The van der Waals surface area contributed by atoms with Gasteiger partial charge in [-0.15, -0.1) is 0 Å². The van der Waals surface area contributed by atoms with E-state index in [0.29, 0.717) is 29.4 Å². The number of hydrogen-bond acceptors (Lipinski definition) is 5. The van der Waals surface area contributed by atoms with Gasteiger partial charge in [-0.2, -0.15) is 0 Å². The summed E-state index contributed by atoms with van der Waals surface area (Å²) in [6, 6.07) is 7.10. The van der Waals surface area contributed by atoms with Gasteiger partial charge in [-0.05, 0) is 29.8 Å². The van der Waals surface area contributed by atoms with Crippen molar-refractivity contribution in [3.63, 3.8) is 0 Å². The number of aromatic nitrogens is 1. The first-order valence-electron chi connectivity index (χ1n) is 7.05. The van der Waals surface area contributed by atoms with E-state index in [1.807, 2.05) is 12.1 Å². The second-order valence-corrected chi connectivity index (χ2v) is 4.90. The summed E-state index contributed by atoms with van der Waals surface area (Å²) >= 11 is 0. The third kappa shape index (κ3) is 3.53. The quantitative estimate of drug-likeness (QED) is 0.819. The van der Waals surface area contributed by atoms with Gasteiger partial charge in [0.1, 0.15) is 0 Å². The van der Waals surface area contributed by atoms with Crippen LogP contribution < -0.4 is 14.2 Å². The number of benzene rings is 1. The fraction of sp³-hybridized carbons (Fsp3) is 0.294. The van der Waals surface area contributed by atoms with Crippen LogP contribution in [0.25, 0.3) is 0 Å². The lowest BCUT2D eigenvalue weighted by Crippen LogP contribution is -2.26. The van der Waals surface area contributed by atoms with Gasteiger partial charge in [0.2, 0.25) is 5.75 Å². The van der Waals surface area contributed by atoms with E-state index in [0.717, 1.165) is 5.56 Å². The van der Waals surface area contributed by atoms with Gasteiger partial charge in [0.05, 0.1) is 26.9 Å². The molecule has 0 N–H and O–H groups in total. The molecule has 1 aromatic heterocycles. The lowest BCUT2D eigenvalue weighted by Gasteiger charge is -2.20. The molecule has 122 valence electrons. The summed E-state index contributed by atoms with van der Waals surface area (Å²) < 4.78 is 15.9. The highest BCUT2D eigenvalue weighted by Gasteiger charge is 2.23. The van der Waals surface area contributed by atoms with Crippen LogP contribution in [0.5, 0.6) is 17.2 Å². The van der Waals surface area contributed by atoms with E-state index in [-0.39, 0.29) is 5.91 Å². The molecule has 2 aromatic rings. The molecular weight excluding hydrogens is 296 g/mol. The smallest absolute Gasteiger partial charge is 0.257 e. The predicted molar refractivity (Wildman–Crippen MR) is 86.1 cm³/mol. The minimum Gasteiger partial charge on any atom is -0.493 e. The Balaban J connectivity index is 2.31.